The Morgan fingerprint density at radius 1 is 1.08 bits per heavy atom. The highest BCUT2D eigenvalue weighted by molar-refractivity contribution is 7.89. The fourth-order valence-corrected chi connectivity index (χ4v) is 4.55. The highest BCUT2D eigenvalue weighted by Gasteiger charge is 2.27. The van der Waals surface area contributed by atoms with E-state index in [2.05, 4.69) is 5.32 Å². The van der Waals surface area contributed by atoms with Crippen molar-refractivity contribution in [1.29, 1.82) is 0 Å². The summed E-state index contributed by atoms with van der Waals surface area (Å²) in [6.45, 7) is 7.06. The van der Waals surface area contributed by atoms with Gasteiger partial charge in [0, 0.05) is 17.3 Å². The average Bonchev–Trinajstić information content (AvgIpc) is 2.57. The fraction of sp³-hybridized carbons (Fsp3) is 0.316. The molecular formula is C19H23ClN2O3S. The van der Waals surface area contributed by atoms with Gasteiger partial charge in [-0.1, -0.05) is 30.7 Å². The molecular weight excluding hydrogens is 372 g/mol. The number of likely N-dealkylation sites (N-methyl/N-ethyl adjacent to an activating group) is 1. The molecule has 0 bridgehead atoms. The first kappa shape index (κ1) is 20.4. The van der Waals surface area contributed by atoms with Crippen LogP contribution in [-0.4, -0.2) is 31.7 Å². The number of anilines is 1. The number of benzene rings is 2. The molecule has 26 heavy (non-hydrogen) atoms. The number of amides is 1. The fourth-order valence-electron chi connectivity index (χ4n) is 2.61. The maximum absolute atomic E-state index is 13.0. The predicted octanol–water partition coefficient (Wildman–Crippen LogP) is 3.91. The van der Waals surface area contributed by atoms with Crippen LogP contribution in [0.5, 0.6) is 0 Å². The highest BCUT2D eigenvalue weighted by Crippen LogP contribution is 2.22. The molecule has 0 saturated carbocycles. The van der Waals surface area contributed by atoms with Gasteiger partial charge in [-0.15, -0.1) is 0 Å². The van der Waals surface area contributed by atoms with Gasteiger partial charge < -0.3 is 5.32 Å². The van der Waals surface area contributed by atoms with Crippen molar-refractivity contribution in [2.24, 2.45) is 0 Å². The number of halogens is 1. The van der Waals surface area contributed by atoms with Gasteiger partial charge in [-0.3, -0.25) is 4.79 Å². The summed E-state index contributed by atoms with van der Waals surface area (Å²) < 4.78 is 27.1. The minimum Gasteiger partial charge on any atom is -0.325 e. The van der Waals surface area contributed by atoms with E-state index in [0.717, 1.165) is 11.1 Å². The summed E-state index contributed by atoms with van der Waals surface area (Å²) in [5.74, 6) is -0.397. The second-order valence-electron chi connectivity index (χ2n) is 6.21. The summed E-state index contributed by atoms with van der Waals surface area (Å²) >= 11 is 5.92. The van der Waals surface area contributed by atoms with Crippen LogP contribution in [-0.2, 0) is 14.8 Å². The lowest BCUT2D eigenvalue weighted by atomic mass is 10.2. The molecule has 0 atom stereocenters. The van der Waals surface area contributed by atoms with E-state index in [4.69, 9.17) is 11.6 Å². The quantitative estimate of drug-likeness (QED) is 0.807. The van der Waals surface area contributed by atoms with Gasteiger partial charge in [0.15, 0.2) is 0 Å². The van der Waals surface area contributed by atoms with E-state index >= 15 is 0 Å². The SMILES string of the molecule is CCN(CC(=O)Nc1ccc(Cl)cc1C)S(=O)(=O)c1cc(C)ccc1C. The number of hydrogen-bond donors (Lipinski definition) is 1. The maximum Gasteiger partial charge on any atom is 0.243 e. The van der Waals surface area contributed by atoms with E-state index in [0.29, 0.717) is 16.3 Å². The Hall–Kier alpha value is -1.89. The summed E-state index contributed by atoms with van der Waals surface area (Å²) in [5, 5.41) is 3.33. The number of nitrogens with one attached hydrogen (secondary N) is 1. The lowest BCUT2D eigenvalue weighted by molar-refractivity contribution is -0.116. The Morgan fingerprint density at radius 2 is 1.77 bits per heavy atom. The smallest absolute Gasteiger partial charge is 0.243 e. The summed E-state index contributed by atoms with van der Waals surface area (Å²) in [6, 6.07) is 10.4. The molecule has 0 radical (unpaired) electrons. The van der Waals surface area contributed by atoms with Crippen LogP contribution in [0, 0.1) is 20.8 Å². The van der Waals surface area contributed by atoms with Crippen LogP contribution in [0.15, 0.2) is 41.3 Å². The number of carbonyl (C=O) groups excluding carboxylic acids is 1. The summed E-state index contributed by atoms with van der Waals surface area (Å²) in [5.41, 5.74) is 2.93. The molecule has 2 aromatic rings. The standard InChI is InChI=1S/C19H23ClN2O3S/c1-5-22(26(24,25)18-10-13(2)6-7-14(18)3)12-19(23)21-17-9-8-16(20)11-15(17)4/h6-11H,5,12H2,1-4H3,(H,21,23). The highest BCUT2D eigenvalue weighted by atomic mass is 35.5. The van der Waals surface area contributed by atoms with Gasteiger partial charge in [0.05, 0.1) is 11.4 Å². The Labute approximate surface area is 160 Å². The van der Waals surface area contributed by atoms with Crippen LogP contribution in [0.1, 0.15) is 23.6 Å². The first-order chi connectivity index (χ1) is 12.1. The van der Waals surface area contributed by atoms with Gasteiger partial charge >= 0.3 is 0 Å². The van der Waals surface area contributed by atoms with E-state index in [1.54, 1.807) is 44.2 Å². The zero-order valence-corrected chi connectivity index (χ0v) is 16.9. The van der Waals surface area contributed by atoms with E-state index in [9.17, 15) is 13.2 Å². The van der Waals surface area contributed by atoms with Gasteiger partial charge in [-0.2, -0.15) is 4.31 Å². The molecule has 140 valence electrons. The number of hydrogen-bond acceptors (Lipinski definition) is 3. The van der Waals surface area contributed by atoms with Crippen molar-refractivity contribution < 1.29 is 13.2 Å². The molecule has 7 heteroatoms. The molecule has 1 N–H and O–H groups in total. The van der Waals surface area contributed by atoms with E-state index < -0.39 is 15.9 Å². The van der Waals surface area contributed by atoms with Crippen molar-refractivity contribution in [1.82, 2.24) is 4.31 Å². The van der Waals surface area contributed by atoms with Crippen molar-refractivity contribution in [2.45, 2.75) is 32.6 Å². The number of rotatable bonds is 6. The third-order valence-electron chi connectivity index (χ3n) is 4.10. The topological polar surface area (TPSA) is 66.5 Å². The lowest BCUT2D eigenvalue weighted by Gasteiger charge is -2.21. The Kier molecular flexibility index (Phi) is 6.44. The summed E-state index contributed by atoms with van der Waals surface area (Å²) in [7, 11) is -3.76. The van der Waals surface area contributed by atoms with Crippen LogP contribution in [0.4, 0.5) is 5.69 Å². The second-order valence-corrected chi connectivity index (χ2v) is 8.55. The predicted molar refractivity (Wildman–Crippen MR) is 105 cm³/mol. The van der Waals surface area contributed by atoms with Crippen molar-refractivity contribution in [3.8, 4) is 0 Å². The molecule has 0 aliphatic carbocycles. The molecule has 0 aliphatic rings. The summed E-state index contributed by atoms with van der Waals surface area (Å²) in [4.78, 5) is 12.6. The molecule has 2 aromatic carbocycles. The zero-order chi connectivity index (χ0) is 19.5. The van der Waals surface area contributed by atoms with Crippen molar-refractivity contribution in [2.75, 3.05) is 18.4 Å². The van der Waals surface area contributed by atoms with Crippen LogP contribution < -0.4 is 5.32 Å². The molecule has 0 fully saturated rings. The molecule has 5 nitrogen and oxygen atoms in total. The van der Waals surface area contributed by atoms with Crippen molar-refractivity contribution >= 4 is 33.2 Å². The number of nitrogens with zero attached hydrogens (tertiary/aromatic N) is 1. The molecule has 2 rings (SSSR count). The van der Waals surface area contributed by atoms with E-state index in [1.807, 2.05) is 19.9 Å². The lowest BCUT2D eigenvalue weighted by Crippen LogP contribution is -2.38. The largest absolute Gasteiger partial charge is 0.325 e. The molecule has 1 amide bonds. The Balaban J connectivity index is 2.22. The van der Waals surface area contributed by atoms with Crippen LogP contribution in [0.2, 0.25) is 5.02 Å². The molecule has 0 unspecified atom stereocenters. The van der Waals surface area contributed by atoms with Gasteiger partial charge in [-0.25, -0.2) is 8.42 Å². The van der Waals surface area contributed by atoms with Gasteiger partial charge in [0.2, 0.25) is 15.9 Å². The number of aryl methyl sites for hydroxylation is 3. The van der Waals surface area contributed by atoms with Crippen LogP contribution in [0.25, 0.3) is 0 Å². The Bertz CT molecular complexity index is 926. The van der Waals surface area contributed by atoms with Crippen LogP contribution >= 0.6 is 11.6 Å². The summed E-state index contributed by atoms with van der Waals surface area (Å²) in [6.07, 6.45) is 0. The molecule has 0 spiro atoms. The first-order valence-corrected chi connectivity index (χ1v) is 10.1. The first-order valence-electron chi connectivity index (χ1n) is 8.28. The molecule has 0 aromatic heterocycles. The molecule has 0 saturated heterocycles. The molecule has 0 aliphatic heterocycles. The van der Waals surface area contributed by atoms with Gasteiger partial charge in [0.1, 0.15) is 0 Å². The average molecular weight is 395 g/mol. The monoisotopic (exact) mass is 394 g/mol. The normalized spacial score (nSPS) is 11.6. The van der Waals surface area contributed by atoms with E-state index in [-0.39, 0.29) is 18.0 Å². The second kappa shape index (κ2) is 8.20. The van der Waals surface area contributed by atoms with Crippen LogP contribution in [0.3, 0.4) is 0 Å². The third-order valence-corrected chi connectivity index (χ3v) is 6.39. The van der Waals surface area contributed by atoms with Gasteiger partial charge in [-0.05, 0) is 61.7 Å². The minimum absolute atomic E-state index is 0.197. The van der Waals surface area contributed by atoms with Gasteiger partial charge in [0.25, 0.3) is 0 Å². The third kappa shape index (κ3) is 4.63. The molecule has 0 heterocycles. The van der Waals surface area contributed by atoms with E-state index in [1.165, 1.54) is 4.31 Å². The Morgan fingerprint density at radius 3 is 2.38 bits per heavy atom. The zero-order valence-electron chi connectivity index (χ0n) is 15.3. The van der Waals surface area contributed by atoms with Crippen molar-refractivity contribution in [3.63, 3.8) is 0 Å². The maximum atomic E-state index is 13.0. The number of sulfonamides is 1. The number of carbonyl (C=O) groups is 1. The van der Waals surface area contributed by atoms with Crippen molar-refractivity contribution in [3.05, 3.63) is 58.1 Å². The minimum atomic E-state index is -3.76.